The molecule has 188 valence electrons. The Morgan fingerprint density at radius 2 is 2.06 bits per heavy atom. The number of piperidine rings is 1. The summed E-state index contributed by atoms with van der Waals surface area (Å²) in [4.78, 5) is 32.9. The third kappa shape index (κ3) is 5.55. The fourth-order valence-corrected chi connectivity index (χ4v) is 5.59. The van der Waals surface area contributed by atoms with Crippen LogP contribution in [0.2, 0.25) is 10.0 Å². The van der Waals surface area contributed by atoms with Gasteiger partial charge in [-0.15, -0.1) is 11.3 Å². The lowest BCUT2D eigenvalue weighted by Gasteiger charge is -2.31. The fourth-order valence-electron chi connectivity index (χ4n) is 4.17. The Morgan fingerprint density at radius 1 is 1.22 bits per heavy atom. The van der Waals surface area contributed by atoms with Gasteiger partial charge in [0.05, 0.1) is 17.8 Å². The van der Waals surface area contributed by atoms with Crippen LogP contribution in [0.15, 0.2) is 41.0 Å². The second-order valence-electron chi connectivity index (χ2n) is 8.40. The monoisotopic (exact) mass is 547 g/mol. The van der Waals surface area contributed by atoms with Gasteiger partial charge < -0.3 is 19.2 Å². The maximum atomic E-state index is 12.6. The highest BCUT2D eigenvalue weighted by Crippen LogP contribution is 2.36. The standard InChI is InChI=1S/C24H23Cl2N5O4S/c1-33-21-4-7-27-24(29-21)34-12-22(32)31-8-5-14(6-9-31)23-28-19(13-36-23)18-11-20(35-30-18)16-10-15(25)2-3-17(16)26/h2-4,7,10,13-14,20H,5-6,8-9,11-12H2,1H3. The third-order valence-electron chi connectivity index (χ3n) is 6.13. The first kappa shape index (κ1) is 24.7. The molecule has 36 heavy (non-hydrogen) atoms. The van der Waals surface area contributed by atoms with Crippen molar-refractivity contribution >= 4 is 46.2 Å². The van der Waals surface area contributed by atoms with E-state index in [0.717, 1.165) is 34.8 Å². The Kier molecular flexibility index (Phi) is 7.54. The van der Waals surface area contributed by atoms with Crippen molar-refractivity contribution in [2.24, 2.45) is 5.16 Å². The molecule has 1 amide bonds. The molecular formula is C24H23Cl2N5O4S. The van der Waals surface area contributed by atoms with E-state index in [0.29, 0.717) is 35.4 Å². The SMILES string of the molecule is COc1ccnc(OCC(=O)N2CCC(c3nc(C4=NOC(c5cc(Cl)ccc5Cl)C4)cs3)CC2)n1. The van der Waals surface area contributed by atoms with Crippen molar-refractivity contribution in [3.63, 3.8) is 0 Å². The molecule has 0 saturated carbocycles. The largest absolute Gasteiger partial charge is 0.481 e. The molecule has 1 atom stereocenters. The van der Waals surface area contributed by atoms with E-state index in [4.69, 9.17) is 42.5 Å². The maximum Gasteiger partial charge on any atom is 0.320 e. The first-order valence-electron chi connectivity index (χ1n) is 11.4. The summed E-state index contributed by atoms with van der Waals surface area (Å²) in [5, 5.41) is 8.52. The van der Waals surface area contributed by atoms with E-state index in [2.05, 4.69) is 15.1 Å². The van der Waals surface area contributed by atoms with Crippen LogP contribution >= 0.6 is 34.5 Å². The molecule has 5 rings (SSSR count). The van der Waals surface area contributed by atoms with Gasteiger partial charge in [0.2, 0.25) is 5.88 Å². The van der Waals surface area contributed by atoms with Crippen LogP contribution in [0.1, 0.15) is 47.5 Å². The number of halogens is 2. The number of thiazole rings is 1. The number of carbonyl (C=O) groups excluding carboxylic acids is 1. The van der Waals surface area contributed by atoms with Crippen molar-refractivity contribution < 1.29 is 19.1 Å². The second-order valence-corrected chi connectivity index (χ2v) is 10.1. The van der Waals surface area contributed by atoms with Crippen molar-refractivity contribution in [3.05, 3.63) is 62.2 Å². The second kappa shape index (κ2) is 11.0. The molecule has 1 unspecified atom stereocenters. The van der Waals surface area contributed by atoms with Crippen LogP contribution in [0.4, 0.5) is 0 Å². The van der Waals surface area contributed by atoms with Crippen molar-refractivity contribution in [1.82, 2.24) is 19.9 Å². The van der Waals surface area contributed by atoms with Gasteiger partial charge >= 0.3 is 6.01 Å². The number of hydrogen-bond acceptors (Lipinski definition) is 9. The zero-order valence-corrected chi connectivity index (χ0v) is 21.7. The van der Waals surface area contributed by atoms with Crippen molar-refractivity contribution in [3.8, 4) is 11.9 Å². The van der Waals surface area contributed by atoms with Crippen molar-refractivity contribution in [2.45, 2.75) is 31.3 Å². The molecular weight excluding hydrogens is 525 g/mol. The minimum atomic E-state index is -0.282. The molecule has 3 aromatic rings. The molecule has 2 aliphatic heterocycles. The number of ether oxygens (including phenoxy) is 2. The Morgan fingerprint density at radius 3 is 2.86 bits per heavy atom. The smallest absolute Gasteiger partial charge is 0.320 e. The maximum absolute atomic E-state index is 12.6. The van der Waals surface area contributed by atoms with E-state index < -0.39 is 0 Å². The summed E-state index contributed by atoms with van der Waals surface area (Å²) in [6, 6.07) is 7.05. The van der Waals surface area contributed by atoms with Gasteiger partial charge in [-0.25, -0.2) is 9.97 Å². The molecule has 0 aliphatic carbocycles. The van der Waals surface area contributed by atoms with Gasteiger partial charge in [0.1, 0.15) is 5.71 Å². The van der Waals surface area contributed by atoms with E-state index in [1.165, 1.54) is 13.3 Å². The van der Waals surface area contributed by atoms with Crippen LogP contribution < -0.4 is 9.47 Å². The van der Waals surface area contributed by atoms with E-state index in [1.807, 2.05) is 11.4 Å². The van der Waals surface area contributed by atoms with Gasteiger partial charge in [-0.1, -0.05) is 28.4 Å². The molecule has 0 N–H and O–H groups in total. The Hall–Kier alpha value is -2.95. The van der Waals surface area contributed by atoms with E-state index >= 15 is 0 Å². The van der Waals surface area contributed by atoms with Crippen LogP contribution in [0.5, 0.6) is 11.9 Å². The lowest BCUT2D eigenvalue weighted by Crippen LogP contribution is -2.40. The van der Waals surface area contributed by atoms with Gasteiger partial charge in [-0.05, 0) is 31.0 Å². The van der Waals surface area contributed by atoms with E-state index in [9.17, 15) is 4.79 Å². The van der Waals surface area contributed by atoms with Crippen LogP contribution in [0.25, 0.3) is 0 Å². The molecule has 0 bridgehead atoms. The number of aromatic nitrogens is 3. The molecule has 0 radical (unpaired) electrons. The minimum absolute atomic E-state index is 0.0946. The van der Waals surface area contributed by atoms with Gasteiger partial charge in [0, 0.05) is 58.7 Å². The summed E-state index contributed by atoms with van der Waals surface area (Å²) in [5.74, 6) is 0.578. The first-order valence-corrected chi connectivity index (χ1v) is 13.0. The zero-order chi connectivity index (χ0) is 25.1. The van der Waals surface area contributed by atoms with Gasteiger partial charge in [0.15, 0.2) is 12.7 Å². The molecule has 1 saturated heterocycles. The summed E-state index contributed by atoms with van der Waals surface area (Å²) < 4.78 is 10.5. The summed E-state index contributed by atoms with van der Waals surface area (Å²) in [7, 11) is 1.51. The molecule has 12 heteroatoms. The van der Waals surface area contributed by atoms with Crippen molar-refractivity contribution in [1.29, 1.82) is 0 Å². The summed E-state index contributed by atoms with van der Waals surface area (Å²) in [6.45, 7) is 1.16. The highest BCUT2D eigenvalue weighted by molar-refractivity contribution is 7.10. The van der Waals surface area contributed by atoms with Gasteiger partial charge in [0.25, 0.3) is 5.91 Å². The summed E-state index contributed by atoms with van der Waals surface area (Å²) in [5.41, 5.74) is 2.43. The highest BCUT2D eigenvalue weighted by Gasteiger charge is 2.30. The number of amides is 1. The number of benzene rings is 1. The average Bonchev–Trinajstić information content (AvgIpc) is 3.59. The normalized spacial score (nSPS) is 18.0. The first-order chi connectivity index (χ1) is 17.5. The van der Waals surface area contributed by atoms with E-state index in [-0.39, 0.29) is 30.5 Å². The Balaban J connectivity index is 1.13. The minimum Gasteiger partial charge on any atom is -0.481 e. The van der Waals surface area contributed by atoms with E-state index in [1.54, 1.807) is 34.4 Å². The molecule has 1 fully saturated rings. The topological polar surface area (TPSA) is 99.0 Å². The summed E-state index contributed by atoms with van der Waals surface area (Å²) >= 11 is 14.1. The fraction of sp³-hybridized carbons (Fsp3) is 0.375. The zero-order valence-electron chi connectivity index (χ0n) is 19.4. The number of carbonyl (C=O) groups is 1. The quantitative estimate of drug-likeness (QED) is 0.414. The van der Waals surface area contributed by atoms with Crippen molar-refractivity contribution in [2.75, 3.05) is 26.8 Å². The number of hydrogen-bond donors (Lipinski definition) is 0. The number of likely N-dealkylation sites (tertiary alicyclic amines) is 1. The molecule has 9 nitrogen and oxygen atoms in total. The average molecular weight is 548 g/mol. The number of nitrogens with zero attached hydrogens (tertiary/aromatic N) is 5. The van der Waals surface area contributed by atoms with Gasteiger partial charge in [-0.3, -0.25) is 4.79 Å². The molecule has 1 aromatic carbocycles. The third-order valence-corrected chi connectivity index (χ3v) is 7.72. The van der Waals surface area contributed by atoms with Crippen LogP contribution in [0, 0.1) is 0 Å². The number of rotatable bonds is 7. The predicted molar refractivity (Wildman–Crippen MR) is 136 cm³/mol. The number of methoxy groups -OCH3 is 1. The molecule has 4 heterocycles. The van der Waals surface area contributed by atoms with Gasteiger partial charge in [-0.2, -0.15) is 4.98 Å². The predicted octanol–water partition coefficient (Wildman–Crippen LogP) is 4.90. The Labute approximate surface area is 222 Å². The van der Waals surface area contributed by atoms with Crippen LogP contribution in [-0.4, -0.2) is 58.3 Å². The van der Waals surface area contributed by atoms with Crippen LogP contribution in [-0.2, 0) is 9.63 Å². The molecule has 2 aromatic heterocycles. The number of oxime groups is 1. The highest BCUT2D eigenvalue weighted by atomic mass is 35.5. The van der Waals surface area contributed by atoms with Crippen LogP contribution in [0.3, 0.4) is 0 Å². The Bertz CT molecular complexity index is 1280. The molecule has 0 spiro atoms. The summed E-state index contributed by atoms with van der Waals surface area (Å²) in [6.07, 6.45) is 3.48. The lowest BCUT2D eigenvalue weighted by atomic mass is 9.97. The lowest BCUT2D eigenvalue weighted by molar-refractivity contribution is -0.134. The molecule has 2 aliphatic rings.